The molecule has 0 radical (unpaired) electrons. The molecule has 1 fully saturated rings. The molecule has 1 aliphatic rings. The van der Waals surface area contributed by atoms with Gasteiger partial charge in [-0.3, -0.25) is 14.4 Å². The Kier molecular flexibility index (Phi) is 10.8. The summed E-state index contributed by atoms with van der Waals surface area (Å²) in [6.45, 7) is 8.40. The number of H-pyrrole nitrogens is 1. The van der Waals surface area contributed by atoms with Crippen LogP contribution < -0.4 is 26.4 Å². The van der Waals surface area contributed by atoms with Crippen LogP contribution in [-0.2, 0) is 11.2 Å². The first-order valence-corrected chi connectivity index (χ1v) is 16.1. The number of carbonyl (C=O) groups is 3. The molecule has 0 bridgehead atoms. The number of alkyl carbamates (subject to hydrolysis) is 1. The number of nitrogens with one attached hydrogen (secondary N) is 4. The van der Waals surface area contributed by atoms with Crippen LogP contribution in [0.1, 0.15) is 47.1 Å². The summed E-state index contributed by atoms with van der Waals surface area (Å²) in [4.78, 5) is 67.8. The largest absolute Gasteiger partial charge is 0.444 e. The van der Waals surface area contributed by atoms with Gasteiger partial charge >= 0.3 is 6.09 Å². The Balaban J connectivity index is 1.30. The third-order valence-corrected chi connectivity index (χ3v) is 8.02. The van der Waals surface area contributed by atoms with Crippen molar-refractivity contribution in [3.05, 3.63) is 92.6 Å². The lowest BCUT2D eigenvalue weighted by molar-refractivity contribution is 0.0519. The molecule has 3 heterocycles. The summed E-state index contributed by atoms with van der Waals surface area (Å²) in [6.07, 6.45) is 1.08. The van der Waals surface area contributed by atoms with E-state index in [1.54, 1.807) is 39.1 Å². The van der Waals surface area contributed by atoms with Gasteiger partial charge in [-0.2, -0.15) is 4.98 Å². The minimum absolute atomic E-state index is 0.0142. The molecule has 0 unspecified atom stereocenters. The van der Waals surface area contributed by atoms with E-state index in [2.05, 4.69) is 35.8 Å². The highest BCUT2D eigenvalue weighted by Gasteiger charge is 2.22. The molecule has 0 aliphatic carbocycles. The van der Waals surface area contributed by atoms with Gasteiger partial charge in [-0.25, -0.2) is 14.2 Å². The molecule has 3 amide bonds. The minimum atomic E-state index is -0.753. The second kappa shape index (κ2) is 15.0. The summed E-state index contributed by atoms with van der Waals surface area (Å²) in [5.41, 5.74) is -0.450. The number of benzene rings is 2. The van der Waals surface area contributed by atoms with Gasteiger partial charge in [-0.1, -0.05) is 23.7 Å². The van der Waals surface area contributed by atoms with Crippen molar-refractivity contribution in [2.45, 2.75) is 38.8 Å². The van der Waals surface area contributed by atoms with Crippen molar-refractivity contribution in [2.75, 3.05) is 50.0 Å². The van der Waals surface area contributed by atoms with Crippen molar-refractivity contribution >= 4 is 52.2 Å². The van der Waals surface area contributed by atoms with Crippen LogP contribution in [0.2, 0.25) is 5.02 Å². The second-order valence-electron chi connectivity index (χ2n) is 12.8. The molecule has 4 aromatic rings. The maximum absolute atomic E-state index is 13.9. The highest BCUT2D eigenvalue weighted by atomic mass is 35.5. The number of aromatic nitrogens is 3. The number of aromatic amines is 1. The number of fused-ring (bicyclic) bond motifs is 1. The third kappa shape index (κ3) is 9.51. The molecule has 1 aliphatic heterocycles. The van der Waals surface area contributed by atoms with E-state index in [0.29, 0.717) is 22.5 Å². The van der Waals surface area contributed by atoms with Crippen LogP contribution >= 0.6 is 11.6 Å². The number of rotatable bonds is 9. The fourth-order valence-electron chi connectivity index (χ4n) is 5.18. The van der Waals surface area contributed by atoms with Gasteiger partial charge in [0.15, 0.2) is 0 Å². The summed E-state index contributed by atoms with van der Waals surface area (Å²) >= 11 is 6.38. The summed E-state index contributed by atoms with van der Waals surface area (Å²) in [5.74, 6) is -1.24. The Hall–Kier alpha value is -5.08. The zero-order chi connectivity index (χ0) is 35.3. The lowest BCUT2D eigenvalue weighted by Gasteiger charge is -2.32. The van der Waals surface area contributed by atoms with Gasteiger partial charge in [0, 0.05) is 49.9 Å². The molecule has 49 heavy (non-hydrogen) atoms. The fourth-order valence-corrected chi connectivity index (χ4v) is 5.34. The molecule has 1 atom stereocenters. The maximum Gasteiger partial charge on any atom is 0.407 e. The molecule has 15 heteroatoms. The number of amides is 3. The number of carbonyl (C=O) groups excluding carboxylic acids is 3. The van der Waals surface area contributed by atoms with Crippen LogP contribution in [0, 0.1) is 5.82 Å². The lowest BCUT2D eigenvalue weighted by atomic mass is 10.0. The second-order valence-corrected chi connectivity index (χ2v) is 13.2. The monoisotopic (exact) mass is 692 g/mol. The number of nitrogens with zero attached hydrogens (tertiary/aromatic N) is 4. The van der Waals surface area contributed by atoms with Crippen molar-refractivity contribution in [2.24, 2.45) is 0 Å². The number of halogens is 2. The molecule has 0 saturated carbocycles. The molecule has 258 valence electrons. The number of likely N-dealkylation sites (N-methyl/N-ethyl adjacent to an activating group) is 1. The number of piperazine rings is 1. The Morgan fingerprint density at radius 2 is 1.82 bits per heavy atom. The van der Waals surface area contributed by atoms with E-state index in [0.717, 1.165) is 26.2 Å². The number of anilines is 2. The van der Waals surface area contributed by atoms with Crippen LogP contribution in [0.25, 0.3) is 11.0 Å². The first kappa shape index (κ1) is 35.2. The summed E-state index contributed by atoms with van der Waals surface area (Å²) < 4.78 is 19.2. The predicted octanol–water partition coefficient (Wildman–Crippen LogP) is 3.98. The normalized spacial score (nSPS) is 14.3. The van der Waals surface area contributed by atoms with Gasteiger partial charge in [0.25, 0.3) is 17.4 Å². The van der Waals surface area contributed by atoms with Crippen LogP contribution in [0.4, 0.5) is 20.8 Å². The number of pyridine rings is 1. The van der Waals surface area contributed by atoms with Crippen molar-refractivity contribution in [1.82, 2.24) is 30.5 Å². The first-order chi connectivity index (χ1) is 23.2. The summed E-state index contributed by atoms with van der Waals surface area (Å²) in [6, 6.07) is 10.9. The quantitative estimate of drug-likeness (QED) is 0.203. The Labute approximate surface area is 287 Å². The van der Waals surface area contributed by atoms with E-state index >= 15 is 0 Å². The van der Waals surface area contributed by atoms with Gasteiger partial charge in [0.05, 0.1) is 16.8 Å². The Bertz CT molecular complexity index is 1920. The van der Waals surface area contributed by atoms with Gasteiger partial charge in [-0.05, 0) is 76.2 Å². The molecule has 1 saturated heterocycles. The van der Waals surface area contributed by atoms with E-state index in [9.17, 15) is 23.6 Å². The zero-order valence-corrected chi connectivity index (χ0v) is 28.4. The SMILES string of the molecule is CN1CCN(c2ncc3cc(C(=O)Nc4cc(C(=O)N[C@@H](CNC(=O)OC(C)(C)C)Cc5cccc(F)c5)ccc4Cl)c(=O)[nH]c3n2)CC1. The summed E-state index contributed by atoms with van der Waals surface area (Å²) in [7, 11) is 2.04. The molecule has 2 aromatic heterocycles. The van der Waals surface area contributed by atoms with Gasteiger partial charge < -0.3 is 35.5 Å². The van der Waals surface area contributed by atoms with Crippen molar-refractivity contribution in [1.29, 1.82) is 0 Å². The van der Waals surface area contributed by atoms with Crippen molar-refractivity contribution in [3.63, 3.8) is 0 Å². The topological polar surface area (TPSA) is 162 Å². The standard InChI is InChI=1S/C34H38ClFN8O5/c1-34(2,3)49-33(48)38-19-24(15-20-6-5-7-23(36)14-20)39-29(45)21-8-9-26(35)27(17-21)40-30(46)25-16-22-18-37-32(42-28(22)41-31(25)47)44-12-10-43(4)11-13-44/h5-9,14,16-18,24H,10-13,15,19H2,1-4H3,(H,38,48)(H,39,45)(H,40,46)(H,37,41,42,47)/t24-/m1/s1. The molecular formula is C34H38ClFN8O5. The average molecular weight is 693 g/mol. The van der Waals surface area contributed by atoms with E-state index in [1.165, 1.54) is 36.4 Å². The number of hydrogen-bond acceptors (Lipinski definition) is 9. The third-order valence-electron chi connectivity index (χ3n) is 7.69. The maximum atomic E-state index is 13.9. The molecule has 13 nitrogen and oxygen atoms in total. The molecular weight excluding hydrogens is 655 g/mol. The number of hydrogen-bond donors (Lipinski definition) is 4. The van der Waals surface area contributed by atoms with Crippen LogP contribution in [0.3, 0.4) is 0 Å². The lowest BCUT2D eigenvalue weighted by Crippen LogP contribution is -2.46. The van der Waals surface area contributed by atoms with Gasteiger partial charge in [0.1, 0.15) is 22.6 Å². The zero-order valence-electron chi connectivity index (χ0n) is 27.6. The fraction of sp³-hybridized carbons (Fsp3) is 0.353. The van der Waals surface area contributed by atoms with Crippen LogP contribution in [-0.4, -0.2) is 89.2 Å². The number of ether oxygens (including phenoxy) is 1. The van der Waals surface area contributed by atoms with E-state index < -0.39 is 40.9 Å². The van der Waals surface area contributed by atoms with Gasteiger partial charge in [-0.15, -0.1) is 0 Å². The van der Waals surface area contributed by atoms with Crippen molar-refractivity contribution < 1.29 is 23.5 Å². The average Bonchev–Trinajstić information content (AvgIpc) is 3.03. The molecule has 0 spiro atoms. The van der Waals surface area contributed by atoms with Gasteiger partial charge in [0.2, 0.25) is 5.95 Å². The molecule has 2 aromatic carbocycles. The molecule has 5 rings (SSSR count). The van der Waals surface area contributed by atoms with E-state index in [1.807, 2.05) is 11.9 Å². The highest BCUT2D eigenvalue weighted by Crippen LogP contribution is 2.24. The Morgan fingerprint density at radius 1 is 1.06 bits per heavy atom. The Morgan fingerprint density at radius 3 is 2.53 bits per heavy atom. The predicted molar refractivity (Wildman–Crippen MR) is 185 cm³/mol. The van der Waals surface area contributed by atoms with E-state index in [4.69, 9.17) is 16.3 Å². The highest BCUT2D eigenvalue weighted by molar-refractivity contribution is 6.34. The van der Waals surface area contributed by atoms with Crippen LogP contribution in [0.15, 0.2) is 59.5 Å². The first-order valence-electron chi connectivity index (χ1n) is 15.7. The smallest absolute Gasteiger partial charge is 0.407 e. The molecule has 4 N–H and O–H groups in total. The minimum Gasteiger partial charge on any atom is -0.444 e. The van der Waals surface area contributed by atoms with Crippen molar-refractivity contribution in [3.8, 4) is 0 Å². The summed E-state index contributed by atoms with van der Waals surface area (Å²) in [5, 5.41) is 8.70. The van der Waals surface area contributed by atoms with E-state index in [-0.39, 0.29) is 34.8 Å². The van der Waals surface area contributed by atoms with Crippen LogP contribution in [0.5, 0.6) is 0 Å².